The van der Waals surface area contributed by atoms with E-state index in [-0.39, 0.29) is 0 Å². The predicted molar refractivity (Wildman–Crippen MR) is 83.2 cm³/mol. The Kier molecular flexibility index (Phi) is 3.75. The molecule has 1 atom stereocenters. The summed E-state index contributed by atoms with van der Waals surface area (Å²) in [7, 11) is 0. The minimum absolute atomic E-state index is 0.362. The van der Waals surface area contributed by atoms with Crippen molar-refractivity contribution in [3.05, 3.63) is 53.6 Å². The lowest BCUT2D eigenvalue weighted by Gasteiger charge is -2.17. The summed E-state index contributed by atoms with van der Waals surface area (Å²) in [6.45, 7) is 6.16. The van der Waals surface area contributed by atoms with E-state index in [0.29, 0.717) is 6.04 Å². The van der Waals surface area contributed by atoms with Crippen LogP contribution in [-0.2, 0) is 6.42 Å². The van der Waals surface area contributed by atoms with Crippen LogP contribution in [0.25, 0.3) is 11.1 Å². The van der Waals surface area contributed by atoms with E-state index in [4.69, 9.17) is 4.74 Å². The summed E-state index contributed by atoms with van der Waals surface area (Å²) < 4.78 is 5.59. The highest BCUT2D eigenvalue weighted by atomic mass is 16.5. The van der Waals surface area contributed by atoms with E-state index in [9.17, 15) is 0 Å². The number of benzene rings is 2. The maximum Gasteiger partial charge on any atom is 0.122 e. The SMILES string of the molecule is CCNC(C)c1ccccc1-c1ccc2c(c1)CCO2. The summed E-state index contributed by atoms with van der Waals surface area (Å²) in [6, 6.07) is 15.6. The molecule has 1 aliphatic rings. The van der Waals surface area contributed by atoms with Crippen molar-refractivity contribution in [2.24, 2.45) is 0 Å². The van der Waals surface area contributed by atoms with Crippen molar-refractivity contribution in [3.8, 4) is 16.9 Å². The number of nitrogens with one attached hydrogen (secondary N) is 1. The molecule has 104 valence electrons. The van der Waals surface area contributed by atoms with Crippen LogP contribution in [0, 0.1) is 0 Å². The van der Waals surface area contributed by atoms with Crippen molar-refractivity contribution in [1.29, 1.82) is 0 Å². The Bertz CT molecular complexity index is 606. The largest absolute Gasteiger partial charge is 0.493 e. The van der Waals surface area contributed by atoms with Gasteiger partial charge in [0.05, 0.1) is 6.61 Å². The molecule has 1 heterocycles. The minimum atomic E-state index is 0.362. The standard InChI is InChI=1S/C18H21NO/c1-3-19-13(2)16-6-4-5-7-17(16)14-8-9-18-15(12-14)10-11-20-18/h4-9,12-13,19H,3,10-11H2,1-2H3. The van der Waals surface area contributed by atoms with Crippen LogP contribution in [0.5, 0.6) is 5.75 Å². The number of fused-ring (bicyclic) bond motifs is 1. The summed E-state index contributed by atoms with van der Waals surface area (Å²) >= 11 is 0. The van der Waals surface area contributed by atoms with Crippen LogP contribution in [0.4, 0.5) is 0 Å². The van der Waals surface area contributed by atoms with E-state index in [2.05, 4.69) is 61.6 Å². The van der Waals surface area contributed by atoms with Gasteiger partial charge in [0, 0.05) is 12.5 Å². The maximum atomic E-state index is 5.59. The van der Waals surface area contributed by atoms with Gasteiger partial charge in [-0.15, -0.1) is 0 Å². The molecule has 20 heavy (non-hydrogen) atoms. The Labute approximate surface area is 120 Å². The summed E-state index contributed by atoms with van der Waals surface area (Å²) in [5, 5.41) is 3.50. The first-order chi connectivity index (χ1) is 9.79. The Balaban J connectivity index is 2.01. The Hall–Kier alpha value is -1.80. The topological polar surface area (TPSA) is 21.3 Å². The van der Waals surface area contributed by atoms with E-state index in [0.717, 1.165) is 25.3 Å². The van der Waals surface area contributed by atoms with Gasteiger partial charge in [-0.3, -0.25) is 0 Å². The summed E-state index contributed by atoms with van der Waals surface area (Å²) in [6.07, 6.45) is 1.02. The van der Waals surface area contributed by atoms with Gasteiger partial charge in [0.1, 0.15) is 5.75 Å². The smallest absolute Gasteiger partial charge is 0.122 e. The molecule has 2 aromatic rings. The molecule has 2 heteroatoms. The quantitative estimate of drug-likeness (QED) is 0.905. The molecule has 0 amide bonds. The fraction of sp³-hybridized carbons (Fsp3) is 0.333. The van der Waals surface area contributed by atoms with Gasteiger partial charge in [-0.25, -0.2) is 0 Å². The van der Waals surface area contributed by atoms with E-state index in [1.54, 1.807) is 0 Å². The molecule has 3 rings (SSSR count). The van der Waals surface area contributed by atoms with Gasteiger partial charge in [0.15, 0.2) is 0 Å². The van der Waals surface area contributed by atoms with Gasteiger partial charge in [0.2, 0.25) is 0 Å². The first kappa shape index (κ1) is 13.2. The van der Waals surface area contributed by atoms with Crippen LogP contribution in [-0.4, -0.2) is 13.2 Å². The van der Waals surface area contributed by atoms with E-state index in [1.165, 1.54) is 22.3 Å². The molecule has 1 aliphatic heterocycles. The third-order valence-corrected chi connectivity index (χ3v) is 3.94. The second-order valence-corrected chi connectivity index (χ2v) is 5.29. The molecule has 1 N–H and O–H groups in total. The minimum Gasteiger partial charge on any atom is -0.493 e. The van der Waals surface area contributed by atoms with Gasteiger partial charge in [-0.1, -0.05) is 37.3 Å². The van der Waals surface area contributed by atoms with Gasteiger partial charge in [0.25, 0.3) is 0 Å². The maximum absolute atomic E-state index is 5.59. The van der Waals surface area contributed by atoms with Crippen molar-refractivity contribution in [3.63, 3.8) is 0 Å². The lowest BCUT2D eigenvalue weighted by molar-refractivity contribution is 0.357. The van der Waals surface area contributed by atoms with Crippen molar-refractivity contribution >= 4 is 0 Å². The summed E-state index contributed by atoms with van der Waals surface area (Å²) in [4.78, 5) is 0. The average molecular weight is 267 g/mol. The second kappa shape index (κ2) is 5.68. The number of ether oxygens (including phenoxy) is 1. The van der Waals surface area contributed by atoms with Crippen LogP contribution < -0.4 is 10.1 Å². The molecule has 0 saturated heterocycles. The van der Waals surface area contributed by atoms with Crippen LogP contribution >= 0.6 is 0 Å². The molecular formula is C18H21NO. The summed E-state index contributed by atoms with van der Waals surface area (Å²) in [5.74, 6) is 1.05. The van der Waals surface area contributed by atoms with Crippen LogP contribution in [0.2, 0.25) is 0 Å². The molecule has 0 aliphatic carbocycles. The Morgan fingerprint density at radius 3 is 2.90 bits per heavy atom. The van der Waals surface area contributed by atoms with Crippen LogP contribution in [0.3, 0.4) is 0 Å². The summed E-state index contributed by atoms with van der Waals surface area (Å²) in [5.41, 5.74) is 5.28. The number of rotatable bonds is 4. The van der Waals surface area contributed by atoms with E-state index >= 15 is 0 Å². The molecular weight excluding hydrogens is 246 g/mol. The van der Waals surface area contributed by atoms with Crippen molar-refractivity contribution in [2.45, 2.75) is 26.3 Å². The monoisotopic (exact) mass is 267 g/mol. The van der Waals surface area contributed by atoms with Crippen molar-refractivity contribution in [2.75, 3.05) is 13.2 Å². The third kappa shape index (κ3) is 2.44. The third-order valence-electron chi connectivity index (χ3n) is 3.94. The van der Waals surface area contributed by atoms with E-state index < -0.39 is 0 Å². The zero-order chi connectivity index (χ0) is 13.9. The molecule has 2 nitrogen and oxygen atoms in total. The zero-order valence-corrected chi connectivity index (χ0v) is 12.1. The molecule has 0 radical (unpaired) electrons. The molecule has 0 bridgehead atoms. The lowest BCUT2D eigenvalue weighted by atomic mass is 9.94. The molecule has 0 spiro atoms. The highest BCUT2D eigenvalue weighted by Gasteiger charge is 2.15. The number of hydrogen-bond donors (Lipinski definition) is 1. The average Bonchev–Trinajstić information content (AvgIpc) is 2.95. The van der Waals surface area contributed by atoms with Crippen molar-refractivity contribution < 1.29 is 4.74 Å². The Morgan fingerprint density at radius 1 is 1.20 bits per heavy atom. The molecule has 0 saturated carbocycles. The molecule has 0 aromatic heterocycles. The zero-order valence-electron chi connectivity index (χ0n) is 12.1. The van der Waals surface area contributed by atoms with Gasteiger partial charge in [-0.05, 0) is 47.9 Å². The molecule has 2 aromatic carbocycles. The Morgan fingerprint density at radius 2 is 2.05 bits per heavy atom. The van der Waals surface area contributed by atoms with Crippen molar-refractivity contribution in [1.82, 2.24) is 5.32 Å². The first-order valence-corrected chi connectivity index (χ1v) is 7.38. The fourth-order valence-electron chi connectivity index (χ4n) is 2.91. The first-order valence-electron chi connectivity index (χ1n) is 7.38. The van der Waals surface area contributed by atoms with Crippen LogP contribution in [0.15, 0.2) is 42.5 Å². The van der Waals surface area contributed by atoms with Gasteiger partial charge >= 0.3 is 0 Å². The highest BCUT2D eigenvalue weighted by molar-refractivity contribution is 5.70. The highest BCUT2D eigenvalue weighted by Crippen LogP contribution is 2.33. The van der Waals surface area contributed by atoms with Gasteiger partial charge < -0.3 is 10.1 Å². The van der Waals surface area contributed by atoms with E-state index in [1.807, 2.05) is 0 Å². The normalized spacial score (nSPS) is 14.7. The fourth-order valence-corrected chi connectivity index (χ4v) is 2.91. The molecule has 1 unspecified atom stereocenters. The number of hydrogen-bond acceptors (Lipinski definition) is 2. The van der Waals surface area contributed by atoms with Gasteiger partial charge in [-0.2, -0.15) is 0 Å². The van der Waals surface area contributed by atoms with Crippen LogP contribution in [0.1, 0.15) is 31.0 Å². The molecule has 0 fully saturated rings. The predicted octanol–water partition coefficient (Wildman–Crippen LogP) is 3.96. The lowest BCUT2D eigenvalue weighted by Crippen LogP contribution is -2.18. The second-order valence-electron chi connectivity index (χ2n) is 5.29.